The van der Waals surface area contributed by atoms with Crippen molar-refractivity contribution in [3.05, 3.63) is 64.1 Å². The van der Waals surface area contributed by atoms with E-state index in [1.807, 2.05) is 12.1 Å². The highest BCUT2D eigenvalue weighted by Gasteiger charge is 2.15. The summed E-state index contributed by atoms with van der Waals surface area (Å²) >= 11 is 0. The quantitative estimate of drug-likeness (QED) is 0.591. The Morgan fingerprint density at radius 3 is 2.32 bits per heavy atom. The molecular weight excluding hydrogens is 376 g/mol. The number of benzene rings is 2. The van der Waals surface area contributed by atoms with Crippen molar-refractivity contribution in [1.29, 1.82) is 0 Å². The summed E-state index contributed by atoms with van der Waals surface area (Å²) in [4.78, 5) is 19.1. The number of fused-ring (bicyclic) bond motifs is 1. The van der Waals surface area contributed by atoms with E-state index in [4.69, 9.17) is 0 Å². The lowest BCUT2D eigenvalue weighted by atomic mass is 10.1. The van der Waals surface area contributed by atoms with E-state index in [1.165, 1.54) is 37.0 Å². The lowest BCUT2D eigenvalue weighted by Crippen LogP contribution is -2.29. The summed E-state index contributed by atoms with van der Waals surface area (Å²) in [7, 11) is -3.67. The third kappa shape index (κ3) is 4.35. The molecule has 148 valence electrons. The Morgan fingerprint density at radius 2 is 1.57 bits per heavy atom. The fourth-order valence-electron chi connectivity index (χ4n) is 3.58. The van der Waals surface area contributed by atoms with Crippen LogP contribution >= 0.6 is 0 Å². The van der Waals surface area contributed by atoms with Crippen LogP contribution in [0.4, 0.5) is 0 Å². The molecule has 0 unspecified atom stereocenters. The third-order valence-electron chi connectivity index (χ3n) is 5.14. The zero-order valence-electron chi connectivity index (χ0n) is 15.6. The van der Waals surface area contributed by atoms with Gasteiger partial charge in [0, 0.05) is 13.1 Å². The molecule has 4 rings (SSSR count). The van der Waals surface area contributed by atoms with E-state index >= 15 is 0 Å². The van der Waals surface area contributed by atoms with E-state index in [1.54, 1.807) is 6.07 Å². The van der Waals surface area contributed by atoms with Crippen LogP contribution in [0.1, 0.15) is 30.4 Å². The number of imidazole rings is 1. The zero-order chi connectivity index (χ0) is 19.6. The Morgan fingerprint density at radius 1 is 0.893 bits per heavy atom. The van der Waals surface area contributed by atoms with E-state index in [9.17, 15) is 13.2 Å². The molecule has 1 fully saturated rings. The highest BCUT2D eigenvalue weighted by atomic mass is 32.2. The van der Waals surface area contributed by atoms with Gasteiger partial charge in [-0.15, -0.1) is 0 Å². The van der Waals surface area contributed by atoms with Gasteiger partial charge in [0.2, 0.25) is 10.0 Å². The van der Waals surface area contributed by atoms with Crippen LogP contribution in [0.15, 0.2) is 52.2 Å². The predicted octanol–water partition coefficient (Wildman–Crippen LogP) is 2.32. The molecular formula is C20H24N4O3S. The molecule has 1 aliphatic rings. The minimum absolute atomic E-state index is 0.122. The SMILES string of the molecule is O=c1[nH]c2ccc(S(=O)(=O)NCc3ccc(CN4CCCCC4)cc3)cc2[nH]1. The molecule has 0 atom stereocenters. The topological polar surface area (TPSA) is 98.1 Å². The fourth-order valence-corrected chi connectivity index (χ4v) is 4.62. The van der Waals surface area contributed by atoms with Crippen molar-refractivity contribution in [2.45, 2.75) is 37.2 Å². The minimum Gasteiger partial charge on any atom is -0.306 e. The van der Waals surface area contributed by atoms with Crippen molar-refractivity contribution in [1.82, 2.24) is 19.6 Å². The Labute approximate surface area is 163 Å². The molecule has 2 heterocycles. The second kappa shape index (κ2) is 7.90. The van der Waals surface area contributed by atoms with E-state index in [-0.39, 0.29) is 17.1 Å². The first-order valence-corrected chi connectivity index (χ1v) is 11.0. The number of aromatic amines is 2. The Kier molecular flexibility index (Phi) is 5.34. The molecule has 3 aromatic rings. The fraction of sp³-hybridized carbons (Fsp3) is 0.350. The molecule has 0 radical (unpaired) electrons. The number of piperidine rings is 1. The standard InChI is InChI=1S/C20H24N4O3S/c25-20-22-18-9-8-17(12-19(18)23-20)28(26,27)21-13-15-4-6-16(7-5-15)14-24-10-2-1-3-11-24/h4-9,12,21H,1-3,10-11,13-14H2,(H2,22,23,25). The molecule has 0 saturated carbocycles. The van der Waals surface area contributed by atoms with Crippen LogP contribution in [0.2, 0.25) is 0 Å². The zero-order valence-corrected chi connectivity index (χ0v) is 16.4. The maximum Gasteiger partial charge on any atom is 0.323 e. The molecule has 1 aromatic heterocycles. The first-order chi connectivity index (χ1) is 13.5. The largest absolute Gasteiger partial charge is 0.323 e. The van der Waals surface area contributed by atoms with Crippen molar-refractivity contribution in [3.8, 4) is 0 Å². The number of likely N-dealkylation sites (tertiary alicyclic amines) is 1. The van der Waals surface area contributed by atoms with Gasteiger partial charge in [-0.2, -0.15) is 0 Å². The molecule has 1 aliphatic heterocycles. The molecule has 8 heteroatoms. The Bertz CT molecular complexity index is 1110. The Balaban J connectivity index is 1.40. The second-order valence-electron chi connectivity index (χ2n) is 7.26. The van der Waals surface area contributed by atoms with Gasteiger partial charge in [-0.3, -0.25) is 4.90 Å². The first kappa shape index (κ1) is 18.9. The number of hydrogen-bond acceptors (Lipinski definition) is 4. The average molecular weight is 401 g/mol. The summed E-state index contributed by atoms with van der Waals surface area (Å²) < 4.78 is 27.8. The number of rotatable bonds is 6. The first-order valence-electron chi connectivity index (χ1n) is 9.51. The van der Waals surface area contributed by atoms with Gasteiger partial charge in [-0.25, -0.2) is 17.9 Å². The molecule has 28 heavy (non-hydrogen) atoms. The normalized spacial score (nSPS) is 15.9. The molecule has 1 saturated heterocycles. The summed E-state index contributed by atoms with van der Waals surface area (Å²) in [5.41, 5.74) is 2.84. The van der Waals surface area contributed by atoms with Crippen LogP contribution in [0, 0.1) is 0 Å². The van der Waals surface area contributed by atoms with Crippen molar-refractivity contribution in [2.75, 3.05) is 13.1 Å². The van der Waals surface area contributed by atoms with E-state index in [2.05, 4.69) is 31.7 Å². The van der Waals surface area contributed by atoms with E-state index in [0.717, 1.165) is 25.2 Å². The molecule has 0 amide bonds. The number of H-pyrrole nitrogens is 2. The molecule has 7 nitrogen and oxygen atoms in total. The van der Waals surface area contributed by atoms with Crippen LogP contribution in [0.5, 0.6) is 0 Å². The van der Waals surface area contributed by atoms with E-state index in [0.29, 0.717) is 11.0 Å². The maximum atomic E-state index is 12.6. The lowest BCUT2D eigenvalue weighted by Gasteiger charge is -2.26. The predicted molar refractivity (Wildman–Crippen MR) is 109 cm³/mol. The molecule has 3 N–H and O–H groups in total. The smallest absolute Gasteiger partial charge is 0.306 e. The van der Waals surface area contributed by atoms with Crippen LogP contribution in [0.25, 0.3) is 11.0 Å². The van der Waals surface area contributed by atoms with Gasteiger partial charge in [-0.05, 0) is 55.3 Å². The summed E-state index contributed by atoms with van der Waals surface area (Å²) in [5, 5.41) is 0. The van der Waals surface area contributed by atoms with E-state index < -0.39 is 10.0 Å². The van der Waals surface area contributed by atoms with Gasteiger partial charge in [0.25, 0.3) is 0 Å². The number of aromatic nitrogens is 2. The van der Waals surface area contributed by atoms with Crippen molar-refractivity contribution < 1.29 is 8.42 Å². The van der Waals surface area contributed by atoms with Gasteiger partial charge in [-0.1, -0.05) is 30.7 Å². The van der Waals surface area contributed by atoms with Crippen LogP contribution in [-0.2, 0) is 23.1 Å². The summed E-state index contributed by atoms with van der Waals surface area (Å²) in [6.07, 6.45) is 3.85. The second-order valence-corrected chi connectivity index (χ2v) is 9.03. The highest BCUT2D eigenvalue weighted by molar-refractivity contribution is 7.89. The van der Waals surface area contributed by atoms with Gasteiger partial charge >= 0.3 is 5.69 Å². The summed E-state index contributed by atoms with van der Waals surface area (Å²) in [5.74, 6) is 0. The van der Waals surface area contributed by atoms with Gasteiger partial charge in [0.15, 0.2) is 0 Å². The monoisotopic (exact) mass is 400 g/mol. The lowest BCUT2D eigenvalue weighted by molar-refractivity contribution is 0.221. The van der Waals surface area contributed by atoms with Crippen molar-refractivity contribution in [2.24, 2.45) is 0 Å². The number of nitrogens with one attached hydrogen (secondary N) is 3. The van der Waals surface area contributed by atoms with Gasteiger partial charge < -0.3 is 9.97 Å². The van der Waals surface area contributed by atoms with Gasteiger partial charge in [0.05, 0.1) is 15.9 Å². The minimum atomic E-state index is -3.67. The molecule has 0 spiro atoms. The molecule has 0 aliphatic carbocycles. The van der Waals surface area contributed by atoms with Crippen LogP contribution in [-0.4, -0.2) is 36.4 Å². The molecule has 0 bridgehead atoms. The van der Waals surface area contributed by atoms with Crippen LogP contribution < -0.4 is 10.4 Å². The maximum absolute atomic E-state index is 12.6. The van der Waals surface area contributed by atoms with Crippen molar-refractivity contribution >= 4 is 21.1 Å². The molecule has 2 aromatic carbocycles. The van der Waals surface area contributed by atoms with Gasteiger partial charge in [0.1, 0.15) is 0 Å². The summed E-state index contributed by atoms with van der Waals surface area (Å²) in [6, 6.07) is 12.6. The Hall–Kier alpha value is -2.42. The third-order valence-corrected chi connectivity index (χ3v) is 6.54. The highest BCUT2D eigenvalue weighted by Crippen LogP contribution is 2.16. The van der Waals surface area contributed by atoms with Crippen LogP contribution in [0.3, 0.4) is 0 Å². The number of sulfonamides is 1. The average Bonchev–Trinajstić information content (AvgIpc) is 3.07. The van der Waals surface area contributed by atoms with Crippen molar-refractivity contribution in [3.63, 3.8) is 0 Å². The summed E-state index contributed by atoms with van der Waals surface area (Å²) in [6.45, 7) is 3.46. The number of nitrogens with zero attached hydrogens (tertiary/aromatic N) is 1. The number of hydrogen-bond donors (Lipinski definition) is 3.